The Labute approximate surface area is 90.7 Å². The van der Waals surface area contributed by atoms with E-state index in [1.165, 1.54) is 0 Å². The van der Waals surface area contributed by atoms with Gasteiger partial charge in [-0.15, -0.1) is 0 Å². The highest BCUT2D eigenvalue weighted by Gasteiger charge is 2.31. The van der Waals surface area contributed by atoms with Gasteiger partial charge in [-0.05, 0) is 25.3 Å². The lowest BCUT2D eigenvalue weighted by atomic mass is 10.0. The van der Waals surface area contributed by atoms with Crippen molar-refractivity contribution in [1.82, 2.24) is 10.0 Å². The molecule has 2 unspecified atom stereocenters. The summed E-state index contributed by atoms with van der Waals surface area (Å²) in [4.78, 5) is 11.6. The smallest absolute Gasteiger partial charge is 0.250 e. The monoisotopic (exact) mass is 234 g/mol. The van der Waals surface area contributed by atoms with Crippen LogP contribution in [-0.2, 0) is 14.8 Å². The Morgan fingerprint density at radius 1 is 1.53 bits per heavy atom. The number of amides is 1. The van der Waals surface area contributed by atoms with Crippen LogP contribution < -0.4 is 10.0 Å². The van der Waals surface area contributed by atoms with Gasteiger partial charge in [-0.25, -0.2) is 8.42 Å². The zero-order valence-corrected chi connectivity index (χ0v) is 9.93. The molecule has 1 aliphatic rings. The fraction of sp³-hybridized carbons (Fsp3) is 0.889. The number of hydrogen-bond acceptors (Lipinski definition) is 4. The van der Waals surface area contributed by atoms with E-state index in [1.807, 2.05) is 6.92 Å². The summed E-state index contributed by atoms with van der Waals surface area (Å²) in [5, 5.41) is 2.99. The van der Waals surface area contributed by atoms with Gasteiger partial charge >= 0.3 is 0 Å². The lowest BCUT2D eigenvalue weighted by molar-refractivity contribution is -0.121. The van der Waals surface area contributed by atoms with Crippen LogP contribution in [0.2, 0.25) is 0 Å². The second-order valence-electron chi connectivity index (χ2n) is 3.98. The van der Waals surface area contributed by atoms with Crippen LogP contribution in [0.15, 0.2) is 0 Å². The molecular formula is C9H18N2O3S. The highest BCUT2D eigenvalue weighted by atomic mass is 32.2. The number of carbonyl (C=O) groups is 1. The molecule has 15 heavy (non-hydrogen) atoms. The first-order valence-electron chi connectivity index (χ1n) is 5.24. The van der Waals surface area contributed by atoms with Crippen LogP contribution >= 0.6 is 0 Å². The highest BCUT2D eigenvalue weighted by molar-refractivity contribution is 7.90. The van der Waals surface area contributed by atoms with Gasteiger partial charge in [-0.1, -0.05) is 13.8 Å². The minimum Gasteiger partial charge on any atom is -0.306 e. The molecule has 5 nitrogen and oxygen atoms in total. The van der Waals surface area contributed by atoms with Crippen molar-refractivity contribution in [2.75, 3.05) is 12.3 Å². The zero-order valence-electron chi connectivity index (χ0n) is 9.12. The molecule has 1 aliphatic heterocycles. The second-order valence-corrected chi connectivity index (χ2v) is 5.82. The van der Waals surface area contributed by atoms with Crippen LogP contribution in [0.4, 0.5) is 0 Å². The molecule has 1 amide bonds. The molecule has 0 bridgehead atoms. The summed E-state index contributed by atoms with van der Waals surface area (Å²) in [5.74, 6) is -0.227. The summed E-state index contributed by atoms with van der Waals surface area (Å²) in [6.07, 6.45) is 1.42. The summed E-state index contributed by atoms with van der Waals surface area (Å²) >= 11 is 0. The maximum Gasteiger partial charge on any atom is 0.250 e. The average molecular weight is 234 g/mol. The molecular weight excluding hydrogens is 216 g/mol. The molecule has 0 radical (unpaired) electrons. The Morgan fingerprint density at radius 3 is 2.67 bits per heavy atom. The first kappa shape index (κ1) is 12.4. The molecule has 0 aliphatic carbocycles. The molecule has 1 fully saturated rings. The van der Waals surface area contributed by atoms with Crippen LogP contribution in [0.1, 0.15) is 26.7 Å². The predicted octanol–water partition coefficient (Wildman–Crippen LogP) is -0.160. The maximum absolute atomic E-state index is 11.6. The third kappa shape index (κ3) is 3.46. The number of sulfonamides is 1. The fourth-order valence-electron chi connectivity index (χ4n) is 1.72. The molecule has 0 aromatic rings. The van der Waals surface area contributed by atoms with Crippen molar-refractivity contribution >= 4 is 15.9 Å². The molecule has 0 aromatic carbocycles. The average Bonchev–Trinajstić information content (AvgIpc) is 2.50. The first-order chi connectivity index (χ1) is 6.96. The molecule has 2 atom stereocenters. The number of rotatable bonds is 4. The van der Waals surface area contributed by atoms with Crippen LogP contribution in [0.25, 0.3) is 0 Å². The van der Waals surface area contributed by atoms with Gasteiger partial charge in [0.2, 0.25) is 10.0 Å². The highest BCUT2D eigenvalue weighted by Crippen LogP contribution is 2.14. The minimum atomic E-state index is -3.43. The van der Waals surface area contributed by atoms with E-state index in [4.69, 9.17) is 0 Å². The van der Waals surface area contributed by atoms with E-state index in [9.17, 15) is 13.2 Å². The van der Waals surface area contributed by atoms with Gasteiger partial charge in [0.25, 0.3) is 5.91 Å². The van der Waals surface area contributed by atoms with Crippen LogP contribution in [-0.4, -0.2) is 32.7 Å². The SMILES string of the molecule is CCCS(=O)(=O)NC(=O)C1NCCC1C. The fourth-order valence-corrected chi connectivity index (χ4v) is 2.79. The van der Waals surface area contributed by atoms with Crippen molar-refractivity contribution in [3.8, 4) is 0 Å². The van der Waals surface area contributed by atoms with Crippen LogP contribution in [0.5, 0.6) is 0 Å². The topological polar surface area (TPSA) is 75.3 Å². The van der Waals surface area contributed by atoms with Crippen molar-refractivity contribution in [2.24, 2.45) is 5.92 Å². The molecule has 6 heteroatoms. The van der Waals surface area contributed by atoms with Crippen molar-refractivity contribution < 1.29 is 13.2 Å². The summed E-state index contributed by atoms with van der Waals surface area (Å²) in [7, 11) is -3.43. The van der Waals surface area contributed by atoms with E-state index in [0.29, 0.717) is 6.42 Å². The van der Waals surface area contributed by atoms with Gasteiger partial charge in [0.05, 0.1) is 11.8 Å². The molecule has 88 valence electrons. The van der Waals surface area contributed by atoms with E-state index in [1.54, 1.807) is 6.92 Å². The Morgan fingerprint density at radius 2 is 2.20 bits per heavy atom. The minimum absolute atomic E-state index is 0.000158. The van der Waals surface area contributed by atoms with Gasteiger partial charge in [0.15, 0.2) is 0 Å². The van der Waals surface area contributed by atoms with Crippen molar-refractivity contribution in [3.63, 3.8) is 0 Å². The van der Waals surface area contributed by atoms with E-state index in [2.05, 4.69) is 10.0 Å². The third-order valence-corrected chi connectivity index (χ3v) is 4.00. The molecule has 1 rings (SSSR count). The first-order valence-corrected chi connectivity index (χ1v) is 6.89. The molecule has 0 aromatic heterocycles. The van der Waals surface area contributed by atoms with Crippen LogP contribution in [0.3, 0.4) is 0 Å². The second kappa shape index (κ2) is 4.94. The predicted molar refractivity (Wildman–Crippen MR) is 57.8 cm³/mol. The Bertz CT molecular complexity index is 326. The number of hydrogen-bond donors (Lipinski definition) is 2. The van der Waals surface area contributed by atoms with Crippen molar-refractivity contribution in [2.45, 2.75) is 32.7 Å². The largest absolute Gasteiger partial charge is 0.306 e. The quantitative estimate of drug-likeness (QED) is 0.709. The Kier molecular flexibility index (Phi) is 4.10. The van der Waals surface area contributed by atoms with Crippen LogP contribution in [0, 0.1) is 5.92 Å². The van der Waals surface area contributed by atoms with E-state index in [0.717, 1.165) is 13.0 Å². The third-order valence-electron chi connectivity index (χ3n) is 2.54. The summed E-state index contributed by atoms with van der Waals surface area (Å²) in [6, 6.07) is -0.364. The zero-order chi connectivity index (χ0) is 11.5. The van der Waals surface area contributed by atoms with Gasteiger partial charge in [-0.2, -0.15) is 0 Å². The molecule has 0 spiro atoms. The molecule has 1 heterocycles. The van der Waals surface area contributed by atoms with Crippen molar-refractivity contribution in [1.29, 1.82) is 0 Å². The van der Waals surface area contributed by atoms with E-state index in [-0.39, 0.29) is 17.7 Å². The number of carbonyl (C=O) groups excluding carboxylic acids is 1. The lowest BCUT2D eigenvalue weighted by Gasteiger charge is -2.15. The summed E-state index contributed by atoms with van der Waals surface area (Å²) in [6.45, 7) is 4.48. The van der Waals surface area contributed by atoms with E-state index >= 15 is 0 Å². The molecule has 1 saturated heterocycles. The lowest BCUT2D eigenvalue weighted by Crippen LogP contribution is -2.46. The molecule has 0 saturated carbocycles. The van der Waals surface area contributed by atoms with Gasteiger partial charge in [0.1, 0.15) is 0 Å². The van der Waals surface area contributed by atoms with Gasteiger partial charge in [0, 0.05) is 0 Å². The Hall–Kier alpha value is -0.620. The maximum atomic E-state index is 11.6. The van der Waals surface area contributed by atoms with Crippen molar-refractivity contribution in [3.05, 3.63) is 0 Å². The normalized spacial score (nSPS) is 26.5. The molecule has 2 N–H and O–H groups in total. The standard InChI is InChI=1S/C9H18N2O3S/c1-3-6-15(13,14)11-9(12)8-7(2)4-5-10-8/h7-8,10H,3-6H2,1-2H3,(H,11,12). The number of nitrogens with one attached hydrogen (secondary N) is 2. The van der Waals surface area contributed by atoms with Gasteiger partial charge < -0.3 is 5.32 Å². The summed E-state index contributed by atoms with van der Waals surface area (Å²) < 4.78 is 24.8. The summed E-state index contributed by atoms with van der Waals surface area (Å²) in [5.41, 5.74) is 0. The Balaban J connectivity index is 2.55. The van der Waals surface area contributed by atoms with E-state index < -0.39 is 15.9 Å². The van der Waals surface area contributed by atoms with Gasteiger partial charge in [-0.3, -0.25) is 9.52 Å².